The number of ether oxygens (including phenoxy) is 1. The zero-order valence-electron chi connectivity index (χ0n) is 11.7. The van der Waals surface area contributed by atoms with Gasteiger partial charge in [-0.2, -0.15) is 0 Å². The molecule has 19 heavy (non-hydrogen) atoms. The van der Waals surface area contributed by atoms with E-state index in [1.54, 1.807) is 7.11 Å². The summed E-state index contributed by atoms with van der Waals surface area (Å²) in [5.74, 6) is 0. The molecule has 0 aliphatic carbocycles. The summed E-state index contributed by atoms with van der Waals surface area (Å²) >= 11 is 3.60. The predicted molar refractivity (Wildman–Crippen MR) is 82.7 cm³/mol. The zero-order chi connectivity index (χ0) is 14.1. The van der Waals surface area contributed by atoms with Crippen LogP contribution in [0.15, 0.2) is 22.7 Å². The fourth-order valence-electron chi connectivity index (χ4n) is 1.86. The van der Waals surface area contributed by atoms with Crippen LogP contribution in [0.2, 0.25) is 0 Å². The summed E-state index contributed by atoms with van der Waals surface area (Å²) in [5.41, 5.74) is 2.35. The van der Waals surface area contributed by atoms with Crippen molar-refractivity contribution in [1.29, 1.82) is 0 Å². The summed E-state index contributed by atoms with van der Waals surface area (Å²) in [6.45, 7) is 6.19. The number of hydrogen-bond acceptors (Lipinski definition) is 4. The van der Waals surface area contributed by atoms with E-state index in [-0.39, 0.29) is 6.61 Å². The summed E-state index contributed by atoms with van der Waals surface area (Å²) < 4.78 is 6.09. The van der Waals surface area contributed by atoms with Crippen LogP contribution in [0.3, 0.4) is 0 Å². The van der Waals surface area contributed by atoms with Gasteiger partial charge in [-0.15, -0.1) is 0 Å². The third-order valence-electron chi connectivity index (χ3n) is 2.95. The first kappa shape index (κ1) is 16.4. The van der Waals surface area contributed by atoms with Gasteiger partial charge < -0.3 is 20.1 Å². The minimum Gasteiger partial charge on any atom is -0.395 e. The van der Waals surface area contributed by atoms with Crippen molar-refractivity contribution in [2.75, 3.05) is 44.9 Å². The fraction of sp³-hybridized carbons (Fsp3) is 0.571. The number of benzene rings is 1. The SMILES string of the molecule is CCN(CCO)c1ccc(CNCCOC)c(Br)c1. The Morgan fingerprint density at radius 2 is 2.21 bits per heavy atom. The van der Waals surface area contributed by atoms with Gasteiger partial charge >= 0.3 is 0 Å². The van der Waals surface area contributed by atoms with E-state index in [2.05, 4.69) is 51.3 Å². The lowest BCUT2D eigenvalue weighted by Gasteiger charge is -2.22. The molecule has 0 radical (unpaired) electrons. The van der Waals surface area contributed by atoms with Crippen molar-refractivity contribution < 1.29 is 9.84 Å². The number of aliphatic hydroxyl groups excluding tert-OH is 1. The Labute approximate surface area is 123 Å². The number of nitrogens with one attached hydrogen (secondary N) is 1. The molecule has 0 unspecified atom stereocenters. The van der Waals surface area contributed by atoms with Crippen molar-refractivity contribution in [3.8, 4) is 0 Å². The molecule has 108 valence electrons. The summed E-state index contributed by atoms with van der Waals surface area (Å²) in [6, 6.07) is 6.31. The van der Waals surface area contributed by atoms with Crippen LogP contribution < -0.4 is 10.2 Å². The molecular weight excluding hydrogens is 308 g/mol. The molecule has 0 spiro atoms. The van der Waals surface area contributed by atoms with E-state index in [1.165, 1.54) is 5.56 Å². The Bertz CT molecular complexity index is 374. The van der Waals surface area contributed by atoms with Crippen LogP contribution in [0.25, 0.3) is 0 Å². The molecule has 0 saturated carbocycles. The monoisotopic (exact) mass is 330 g/mol. The van der Waals surface area contributed by atoms with E-state index in [0.717, 1.165) is 36.4 Å². The molecule has 5 heteroatoms. The van der Waals surface area contributed by atoms with Gasteiger partial charge in [-0.05, 0) is 24.6 Å². The minimum atomic E-state index is 0.172. The van der Waals surface area contributed by atoms with Crippen LogP contribution in [-0.2, 0) is 11.3 Å². The second-order valence-electron chi connectivity index (χ2n) is 4.25. The topological polar surface area (TPSA) is 44.7 Å². The molecule has 0 amide bonds. The lowest BCUT2D eigenvalue weighted by Crippen LogP contribution is -2.26. The molecule has 0 aromatic heterocycles. The average molecular weight is 331 g/mol. The van der Waals surface area contributed by atoms with E-state index >= 15 is 0 Å². The first-order valence-electron chi connectivity index (χ1n) is 6.56. The normalized spacial score (nSPS) is 10.7. The fourth-order valence-corrected chi connectivity index (χ4v) is 2.37. The van der Waals surface area contributed by atoms with Gasteiger partial charge in [-0.3, -0.25) is 0 Å². The van der Waals surface area contributed by atoms with Crippen molar-refractivity contribution in [2.45, 2.75) is 13.5 Å². The molecule has 0 aliphatic heterocycles. The number of rotatable bonds is 9. The van der Waals surface area contributed by atoms with Gasteiger partial charge in [-0.25, -0.2) is 0 Å². The van der Waals surface area contributed by atoms with E-state index in [9.17, 15) is 0 Å². The van der Waals surface area contributed by atoms with Crippen molar-refractivity contribution in [3.05, 3.63) is 28.2 Å². The second kappa shape index (κ2) is 9.31. The summed E-state index contributed by atoms with van der Waals surface area (Å²) in [7, 11) is 1.70. The molecule has 0 fully saturated rings. The highest BCUT2D eigenvalue weighted by Crippen LogP contribution is 2.24. The highest BCUT2D eigenvalue weighted by atomic mass is 79.9. The Kier molecular flexibility index (Phi) is 8.05. The van der Waals surface area contributed by atoms with Gasteiger partial charge in [0.1, 0.15) is 0 Å². The number of hydrogen-bond donors (Lipinski definition) is 2. The third kappa shape index (κ3) is 5.48. The molecule has 1 aromatic rings. The molecule has 4 nitrogen and oxygen atoms in total. The van der Waals surface area contributed by atoms with Gasteiger partial charge in [0.2, 0.25) is 0 Å². The number of methoxy groups -OCH3 is 1. The number of halogens is 1. The van der Waals surface area contributed by atoms with Crippen LogP contribution in [0.4, 0.5) is 5.69 Å². The minimum absolute atomic E-state index is 0.172. The molecule has 0 heterocycles. The smallest absolute Gasteiger partial charge is 0.0606 e. The highest BCUT2D eigenvalue weighted by Gasteiger charge is 2.06. The van der Waals surface area contributed by atoms with Gasteiger partial charge in [-0.1, -0.05) is 22.0 Å². The zero-order valence-corrected chi connectivity index (χ0v) is 13.2. The maximum Gasteiger partial charge on any atom is 0.0606 e. The van der Waals surface area contributed by atoms with Crippen LogP contribution >= 0.6 is 15.9 Å². The molecule has 0 atom stereocenters. The van der Waals surface area contributed by atoms with Crippen LogP contribution in [0.1, 0.15) is 12.5 Å². The van der Waals surface area contributed by atoms with E-state index in [1.807, 2.05) is 0 Å². The number of nitrogens with zero attached hydrogens (tertiary/aromatic N) is 1. The lowest BCUT2D eigenvalue weighted by molar-refractivity contribution is 0.199. The average Bonchev–Trinajstić information content (AvgIpc) is 2.42. The molecule has 1 rings (SSSR count). The van der Waals surface area contributed by atoms with Crippen molar-refractivity contribution >= 4 is 21.6 Å². The van der Waals surface area contributed by atoms with Gasteiger partial charge in [0.25, 0.3) is 0 Å². The summed E-state index contributed by atoms with van der Waals surface area (Å²) in [6.07, 6.45) is 0. The van der Waals surface area contributed by atoms with E-state index in [0.29, 0.717) is 6.54 Å². The molecule has 0 saturated heterocycles. The molecular formula is C14H23BrN2O2. The standard InChI is InChI=1S/C14H23BrN2O2/c1-3-17(7-8-18)13-5-4-12(14(15)10-13)11-16-6-9-19-2/h4-5,10,16,18H,3,6-9,11H2,1-2H3. The van der Waals surface area contributed by atoms with Crippen molar-refractivity contribution in [1.82, 2.24) is 5.32 Å². The molecule has 0 bridgehead atoms. The largest absolute Gasteiger partial charge is 0.395 e. The Hall–Kier alpha value is -0.620. The lowest BCUT2D eigenvalue weighted by atomic mass is 10.2. The van der Waals surface area contributed by atoms with Gasteiger partial charge in [0, 0.05) is 43.4 Å². The number of anilines is 1. The highest BCUT2D eigenvalue weighted by molar-refractivity contribution is 9.10. The quantitative estimate of drug-likeness (QED) is 0.680. The first-order valence-corrected chi connectivity index (χ1v) is 7.36. The molecule has 1 aromatic carbocycles. The van der Waals surface area contributed by atoms with Crippen LogP contribution in [-0.4, -0.2) is 45.1 Å². The van der Waals surface area contributed by atoms with Gasteiger partial charge in [0.15, 0.2) is 0 Å². The maximum atomic E-state index is 9.04. The Morgan fingerprint density at radius 1 is 1.42 bits per heavy atom. The Balaban J connectivity index is 2.62. The second-order valence-corrected chi connectivity index (χ2v) is 5.10. The van der Waals surface area contributed by atoms with Crippen LogP contribution in [0, 0.1) is 0 Å². The molecule has 0 aliphatic rings. The molecule has 2 N–H and O–H groups in total. The number of aliphatic hydroxyl groups is 1. The van der Waals surface area contributed by atoms with E-state index < -0.39 is 0 Å². The summed E-state index contributed by atoms with van der Waals surface area (Å²) in [5, 5.41) is 12.4. The number of likely N-dealkylation sites (N-methyl/N-ethyl adjacent to an activating group) is 1. The first-order chi connectivity index (χ1) is 9.22. The summed E-state index contributed by atoms with van der Waals surface area (Å²) in [4.78, 5) is 2.15. The maximum absolute atomic E-state index is 9.04. The Morgan fingerprint density at radius 3 is 2.79 bits per heavy atom. The predicted octanol–water partition coefficient (Wildman–Crippen LogP) is 2.00. The van der Waals surface area contributed by atoms with Crippen LogP contribution in [0.5, 0.6) is 0 Å². The third-order valence-corrected chi connectivity index (χ3v) is 3.69. The van der Waals surface area contributed by atoms with Crippen molar-refractivity contribution in [3.63, 3.8) is 0 Å². The van der Waals surface area contributed by atoms with Crippen molar-refractivity contribution in [2.24, 2.45) is 0 Å². The van der Waals surface area contributed by atoms with E-state index in [4.69, 9.17) is 9.84 Å². The van der Waals surface area contributed by atoms with Gasteiger partial charge in [0.05, 0.1) is 13.2 Å².